The van der Waals surface area contributed by atoms with E-state index in [1.807, 2.05) is 12.1 Å². The first-order valence-corrected chi connectivity index (χ1v) is 5.26. The fourth-order valence-electron chi connectivity index (χ4n) is 2.64. The zero-order valence-corrected chi connectivity index (χ0v) is 8.10. The summed E-state index contributed by atoms with van der Waals surface area (Å²) in [5.74, 6) is 1.74. The predicted molar refractivity (Wildman–Crippen MR) is 53.6 cm³/mol. The molecule has 1 aromatic rings. The maximum absolute atomic E-state index is 5.03. The molecular weight excluding hydrogens is 176 g/mol. The van der Waals surface area contributed by atoms with Crippen molar-refractivity contribution in [2.45, 2.75) is 18.9 Å². The number of hydrogen-bond donors (Lipinski definition) is 0. The van der Waals surface area contributed by atoms with Crippen LogP contribution in [0.5, 0.6) is 0 Å². The maximum atomic E-state index is 5.03. The van der Waals surface area contributed by atoms with Crippen molar-refractivity contribution >= 4 is 6.08 Å². The van der Waals surface area contributed by atoms with Gasteiger partial charge >= 0.3 is 0 Å². The molecule has 3 heterocycles. The van der Waals surface area contributed by atoms with Crippen molar-refractivity contribution in [2.24, 2.45) is 5.92 Å². The Morgan fingerprint density at radius 2 is 2.29 bits per heavy atom. The Kier molecular flexibility index (Phi) is 1.91. The van der Waals surface area contributed by atoms with Crippen LogP contribution in [0, 0.1) is 5.92 Å². The molecule has 1 aromatic heterocycles. The van der Waals surface area contributed by atoms with Crippen molar-refractivity contribution in [1.29, 1.82) is 0 Å². The molecule has 2 aliphatic rings. The summed E-state index contributed by atoms with van der Waals surface area (Å²) in [6.45, 7) is 2.55. The van der Waals surface area contributed by atoms with Gasteiger partial charge in [0, 0.05) is 12.1 Å². The van der Waals surface area contributed by atoms with Crippen LogP contribution >= 0.6 is 0 Å². The first-order valence-electron chi connectivity index (χ1n) is 5.26. The molecule has 2 fully saturated rings. The predicted octanol–water partition coefficient (Wildman–Crippen LogP) is 1.78. The molecule has 0 N–H and O–H groups in total. The summed E-state index contributed by atoms with van der Waals surface area (Å²) < 4.78 is 5.03. The van der Waals surface area contributed by atoms with Crippen molar-refractivity contribution in [1.82, 2.24) is 10.1 Å². The zero-order chi connectivity index (χ0) is 9.38. The fraction of sp³-hybridized carbons (Fsp3) is 0.545. The standard InChI is InChI=1S/C11H14N2O/c1(10-3-6-12-14-10)2-11-9-4-7-13(11)8-5-9/h1-3,6,9,11H,4-5,7-8H2. The highest BCUT2D eigenvalue weighted by Gasteiger charge is 2.37. The van der Waals surface area contributed by atoms with E-state index in [4.69, 9.17) is 4.52 Å². The van der Waals surface area contributed by atoms with E-state index in [9.17, 15) is 0 Å². The number of piperidine rings is 1. The van der Waals surface area contributed by atoms with Crippen LogP contribution in [0.3, 0.4) is 0 Å². The number of aromatic nitrogens is 1. The highest BCUT2D eigenvalue weighted by Crippen LogP contribution is 2.35. The van der Waals surface area contributed by atoms with Crippen LogP contribution in [0.2, 0.25) is 0 Å². The summed E-state index contributed by atoms with van der Waals surface area (Å²) in [6, 6.07) is 2.54. The Labute approximate surface area is 83.4 Å². The van der Waals surface area contributed by atoms with E-state index in [-0.39, 0.29) is 0 Å². The Morgan fingerprint density at radius 3 is 2.86 bits per heavy atom. The zero-order valence-electron chi connectivity index (χ0n) is 8.10. The summed E-state index contributed by atoms with van der Waals surface area (Å²) in [7, 11) is 0. The molecule has 0 saturated carbocycles. The molecule has 3 rings (SSSR count). The van der Waals surface area contributed by atoms with Gasteiger partial charge in [0.25, 0.3) is 0 Å². The maximum Gasteiger partial charge on any atom is 0.159 e. The van der Waals surface area contributed by atoms with Crippen molar-refractivity contribution in [3.8, 4) is 0 Å². The molecule has 0 aromatic carbocycles. The second-order valence-corrected chi connectivity index (χ2v) is 4.14. The number of hydrogen-bond acceptors (Lipinski definition) is 3. The second-order valence-electron chi connectivity index (χ2n) is 4.14. The number of nitrogens with zero attached hydrogens (tertiary/aromatic N) is 2. The van der Waals surface area contributed by atoms with Gasteiger partial charge in [0.1, 0.15) is 0 Å². The Morgan fingerprint density at radius 1 is 1.43 bits per heavy atom. The van der Waals surface area contributed by atoms with E-state index < -0.39 is 0 Å². The lowest BCUT2D eigenvalue weighted by Gasteiger charge is -2.14. The molecule has 0 aliphatic carbocycles. The molecule has 2 saturated heterocycles. The number of fused-ring (bicyclic) bond motifs is 2. The first-order chi connectivity index (χ1) is 6.93. The van der Waals surface area contributed by atoms with Crippen molar-refractivity contribution < 1.29 is 4.52 Å². The SMILES string of the molecule is C(=CC1C2CCN1CC2)c1ccno1. The van der Waals surface area contributed by atoms with Crippen molar-refractivity contribution in [3.63, 3.8) is 0 Å². The Bertz CT molecular complexity index is 311. The van der Waals surface area contributed by atoms with Crippen molar-refractivity contribution in [2.75, 3.05) is 13.1 Å². The first kappa shape index (κ1) is 8.24. The molecule has 2 aliphatic heterocycles. The molecule has 14 heavy (non-hydrogen) atoms. The van der Waals surface area contributed by atoms with Crippen LogP contribution in [0.15, 0.2) is 22.9 Å². The summed E-state index contributed by atoms with van der Waals surface area (Å²) in [5, 5.41) is 3.68. The third-order valence-electron chi connectivity index (χ3n) is 3.39. The van der Waals surface area contributed by atoms with Gasteiger partial charge in [-0.1, -0.05) is 11.2 Å². The summed E-state index contributed by atoms with van der Waals surface area (Å²) in [5.41, 5.74) is 0. The van der Waals surface area contributed by atoms with E-state index in [1.54, 1.807) is 6.20 Å². The lowest BCUT2D eigenvalue weighted by atomic mass is 9.99. The molecule has 3 heteroatoms. The monoisotopic (exact) mass is 190 g/mol. The normalized spacial score (nSPS) is 35.9. The molecule has 3 nitrogen and oxygen atoms in total. The average molecular weight is 190 g/mol. The quantitative estimate of drug-likeness (QED) is 0.712. The van der Waals surface area contributed by atoms with Crippen LogP contribution in [0.4, 0.5) is 0 Å². The van der Waals surface area contributed by atoms with Crippen LogP contribution in [0.1, 0.15) is 18.6 Å². The minimum Gasteiger partial charge on any atom is -0.357 e. The van der Waals surface area contributed by atoms with Crippen LogP contribution in [-0.4, -0.2) is 29.2 Å². The average Bonchev–Trinajstić information content (AvgIpc) is 2.91. The summed E-state index contributed by atoms with van der Waals surface area (Å²) in [4.78, 5) is 2.55. The Balaban J connectivity index is 1.73. The van der Waals surface area contributed by atoms with E-state index in [2.05, 4.69) is 16.1 Å². The summed E-state index contributed by atoms with van der Waals surface area (Å²) in [6.07, 6.45) is 8.74. The lowest BCUT2D eigenvalue weighted by molar-refractivity contribution is 0.334. The van der Waals surface area contributed by atoms with Gasteiger partial charge in [-0.2, -0.15) is 0 Å². The lowest BCUT2D eigenvalue weighted by Crippen LogP contribution is -2.23. The highest BCUT2D eigenvalue weighted by atomic mass is 16.5. The molecule has 0 spiro atoms. The van der Waals surface area contributed by atoms with Crippen LogP contribution in [-0.2, 0) is 0 Å². The molecule has 2 bridgehead atoms. The van der Waals surface area contributed by atoms with Crippen molar-refractivity contribution in [3.05, 3.63) is 24.1 Å². The van der Waals surface area contributed by atoms with E-state index in [1.165, 1.54) is 25.9 Å². The van der Waals surface area contributed by atoms with Gasteiger partial charge in [0.05, 0.1) is 6.20 Å². The smallest absolute Gasteiger partial charge is 0.159 e. The third kappa shape index (κ3) is 1.28. The van der Waals surface area contributed by atoms with Gasteiger partial charge in [-0.25, -0.2) is 0 Å². The molecule has 74 valence electrons. The topological polar surface area (TPSA) is 29.3 Å². The minimum atomic E-state index is 0.653. The summed E-state index contributed by atoms with van der Waals surface area (Å²) >= 11 is 0. The van der Waals surface area contributed by atoms with Gasteiger partial charge in [0.15, 0.2) is 5.76 Å². The second kappa shape index (κ2) is 3.24. The van der Waals surface area contributed by atoms with Gasteiger partial charge < -0.3 is 4.52 Å². The van der Waals surface area contributed by atoms with E-state index in [0.717, 1.165) is 11.7 Å². The van der Waals surface area contributed by atoms with Gasteiger partial charge in [-0.15, -0.1) is 0 Å². The third-order valence-corrected chi connectivity index (χ3v) is 3.39. The number of rotatable bonds is 2. The minimum absolute atomic E-state index is 0.653. The van der Waals surface area contributed by atoms with Crippen LogP contribution in [0.25, 0.3) is 6.08 Å². The Hall–Kier alpha value is -1.09. The molecule has 1 atom stereocenters. The van der Waals surface area contributed by atoms with Crippen LogP contribution < -0.4 is 0 Å². The molecule has 0 amide bonds. The van der Waals surface area contributed by atoms with Gasteiger partial charge in [0.2, 0.25) is 0 Å². The highest BCUT2D eigenvalue weighted by molar-refractivity contribution is 5.43. The van der Waals surface area contributed by atoms with Gasteiger partial charge in [-0.05, 0) is 37.9 Å². The molecule has 1 unspecified atom stereocenters. The van der Waals surface area contributed by atoms with E-state index >= 15 is 0 Å². The molecular formula is C11H14N2O. The largest absolute Gasteiger partial charge is 0.357 e. The fourth-order valence-corrected chi connectivity index (χ4v) is 2.64. The van der Waals surface area contributed by atoms with E-state index in [0.29, 0.717) is 6.04 Å². The molecule has 0 radical (unpaired) electrons. The van der Waals surface area contributed by atoms with Gasteiger partial charge in [-0.3, -0.25) is 4.90 Å².